The molecule has 15 atom stereocenters. The fourth-order valence-electron chi connectivity index (χ4n) is 6.60. The van der Waals surface area contributed by atoms with Gasteiger partial charge in [0, 0.05) is 24.6 Å². The van der Waals surface area contributed by atoms with Crippen molar-refractivity contribution in [2.75, 3.05) is 13.2 Å². The average molecular weight is 799 g/mol. The molecule has 6 unspecified atom stereocenters. The molecule has 6 rings (SSSR count). The van der Waals surface area contributed by atoms with E-state index in [1.165, 1.54) is 31.2 Å². The maximum atomic E-state index is 14.1. The number of hydrogen-bond donors (Lipinski definition) is 11. The summed E-state index contributed by atoms with van der Waals surface area (Å²) in [7, 11) is 0. The number of aliphatic hydroxyl groups excluding tert-OH is 8. The number of rotatable bonds is 10. The highest BCUT2D eigenvalue weighted by Crippen LogP contribution is 2.39. The molecule has 1 aromatic heterocycles. The van der Waals surface area contributed by atoms with E-state index < -0.39 is 139 Å². The van der Waals surface area contributed by atoms with Gasteiger partial charge in [0.05, 0.1) is 19.3 Å². The number of hydrogen-bond acceptors (Lipinski definition) is 21. The molecule has 0 spiro atoms. The minimum atomic E-state index is -2.07. The molecule has 0 radical (unpaired) electrons. The van der Waals surface area contributed by atoms with Crippen molar-refractivity contribution in [2.24, 2.45) is 0 Å². The Morgan fingerprint density at radius 1 is 0.732 bits per heavy atom. The highest BCUT2D eigenvalue weighted by Gasteiger charge is 2.53. The van der Waals surface area contributed by atoms with Gasteiger partial charge in [0.1, 0.15) is 83.2 Å². The molecular weight excluding hydrogens is 756 g/mol. The number of carbonyl (C=O) groups is 1. The lowest BCUT2D eigenvalue weighted by Gasteiger charge is -2.46. The van der Waals surface area contributed by atoms with E-state index in [9.17, 15) is 65.8 Å². The number of fused-ring (bicyclic) bond motifs is 1. The minimum absolute atomic E-state index is 0.107. The standard InChI is InChI=1S/C35H42O21/c1-11-29(51-12(2)37)26(46)28(48)34(50-11)56-32-25(45)22(42)19(10-49-33-27(47)24(44)21(41)18(9-36)53-33)54-35(32)55-31-23(43)20-16(40)7-15(39)8-17(20)52-30(31)13-3-5-14(38)6-4-13/h3-8,11,18-19,21-22,24-29,32-36,38-42,44-48H,9-10H2,1-2H3/t11?,18?,19?,21-,22-,24+,25+,26?,27?,28+,29+,32?,33-,34+,35+/m1/s1. The van der Waals surface area contributed by atoms with Crippen LogP contribution in [0.4, 0.5) is 0 Å². The summed E-state index contributed by atoms with van der Waals surface area (Å²) in [6.07, 6.45) is -26.1. The van der Waals surface area contributed by atoms with E-state index >= 15 is 0 Å². The van der Waals surface area contributed by atoms with E-state index in [1.54, 1.807) is 0 Å². The molecule has 3 aromatic rings. The van der Waals surface area contributed by atoms with Gasteiger partial charge in [-0.25, -0.2) is 0 Å². The van der Waals surface area contributed by atoms with Crippen molar-refractivity contribution in [1.29, 1.82) is 0 Å². The Hall–Kier alpha value is -4.20. The van der Waals surface area contributed by atoms with E-state index in [0.29, 0.717) is 0 Å². The van der Waals surface area contributed by atoms with Crippen molar-refractivity contribution in [1.82, 2.24) is 0 Å². The largest absolute Gasteiger partial charge is 0.508 e. The number of aliphatic hydroxyl groups is 8. The fraction of sp³-hybridized carbons (Fsp3) is 0.543. The first-order valence-corrected chi connectivity index (χ1v) is 17.3. The fourth-order valence-corrected chi connectivity index (χ4v) is 6.60. The molecule has 21 nitrogen and oxygen atoms in total. The lowest BCUT2D eigenvalue weighted by atomic mass is 9.97. The van der Waals surface area contributed by atoms with Gasteiger partial charge in [0.25, 0.3) is 0 Å². The Bertz CT molecular complexity index is 1900. The smallest absolute Gasteiger partial charge is 0.303 e. The predicted octanol–water partition coefficient (Wildman–Crippen LogP) is -3.00. The van der Waals surface area contributed by atoms with Gasteiger partial charge in [0.15, 0.2) is 30.5 Å². The highest BCUT2D eigenvalue weighted by molar-refractivity contribution is 5.88. The Labute approximate surface area is 315 Å². The molecule has 0 aliphatic carbocycles. The third-order valence-corrected chi connectivity index (χ3v) is 9.57. The quantitative estimate of drug-likeness (QED) is 0.0911. The third kappa shape index (κ3) is 8.13. The van der Waals surface area contributed by atoms with Crippen molar-refractivity contribution in [3.63, 3.8) is 0 Å². The van der Waals surface area contributed by atoms with Crippen LogP contribution >= 0.6 is 0 Å². The molecule has 3 fully saturated rings. The van der Waals surface area contributed by atoms with Gasteiger partial charge in [-0.2, -0.15) is 0 Å². The lowest BCUT2D eigenvalue weighted by molar-refractivity contribution is -0.360. The lowest BCUT2D eigenvalue weighted by Crippen LogP contribution is -2.65. The predicted molar refractivity (Wildman–Crippen MR) is 181 cm³/mol. The zero-order chi connectivity index (χ0) is 40.7. The number of phenolic OH excluding ortho intramolecular Hbond substituents is 3. The summed E-state index contributed by atoms with van der Waals surface area (Å²) >= 11 is 0. The van der Waals surface area contributed by atoms with Crippen molar-refractivity contribution in [3.8, 4) is 34.3 Å². The molecule has 21 heteroatoms. The number of phenols is 3. The van der Waals surface area contributed by atoms with Crippen LogP contribution in [0.5, 0.6) is 23.0 Å². The summed E-state index contributed by atoms with van der Waals surface area (Å²) in [6.45, 7) is 0.922. The maximum Gasteiger partial charge on any atom is 0.303 e. The number of aromatic hydroxyl groups is 3. The minimum Gasteiger partial charge on any atom is -0.508 e. The van der Waals surface area contributed by atoms with Crippen LogP contribution in [0.3, 0.4) is 0 Å². The summed E-state index contributed by atoms with van der Waals surface area (Å²) in [5, 5.41) is 115. The van der Waals surface area contributed by atoms with Crippen molar-refractivity contribution < 1.29 is 98.5 Å². The second kappa shape index (κ2) is 16.7. The van der Waals surface area contributed by atoms with E-state index in [2.05, 4.69) is 0 Å². The van der Waals surface area contributed by atoms with Gasteiger partial charge in [-0.3, -0.25) is 9.59 Å². The Balaban J connectivity index is 1.38. The number of esters is 1. The van der Waals surface area contributed by atoms with Gasteiger partial charge in [-0.1, -0.05) is 0 Å². The van der Waals surface area contributed by atoms with Gasteiger partial charge >= 0.3 is 5.97 Å². The SMILES string of the molecule is CC(=O)O[C@H]1C(C)O[C@@H](OC2[C@H](Oc3c(-c4ccc(O)cc4)oc4cc(O)cc(O)c4c3=O)OC(CO[C@@H]3OC(CO)[C@@H](O)[C@H](O)C3O)[C@@H](O)[C@@H]2O)[C@@H](O)C1O. The molecule has 3 saturated heterocycles. The first kappa shape index (κ1) is 41.4. The molecular formula is C35H42O21. The monoisotopic (exact) mass is 798 g/mol. The summed E-state index contributed by atoms with van der Waals surface area (Å²) in [6, 6.07) is 7.05. The van der Waals surface area contributed by atoms with Crippen LogP contribution in [0.1, 0.15) is 13.8 Å². The van der Waals surface area contributed by atoms with E-state index in [1.807, 2.05) is 0 Å². The normalized spacial score (nSPS) is 36.3. The summed E-state index contributed by atoms with van der Waals surface area (Å²) in [5.41, 5.74) is -1.24. The number of carbonyl (C=O) groups excluding carboxylic acids is 1. The van der Waals surface area contributed by atoms with Gasteiger partial charge in [-0.05, 0) is 31.2 Å². The Kier molecular flexibility index (Phi) is 12.4. The topological polar surface area (TPSA) is 334 Å². The zero-order valence-corrected chi connectivity index (χ0v) is 29.5. The van der Waals surface area contributed by atoms with Crippen LogP contribution in [-0.4, -0.2) is 167 Å². The Morgan fingerprint density at radius 3 is 2.02 bits per heavy atom. The first-order valence-electron chi connectivity index (χ1n) is 17.3. The number of ether oxygens (including phenoxy) is 7. The van der Waals surface area contributed by atoms with Crippen LogP contribution in [-0.2, 0) is 33.2 Å². The highest BCUT2D eigenvalue weighted by atomic mass is 16.8. The maximum absolute atomic E-state index is 14.1. The first-order chi connectivity index (χ1) is 26.5. The third-order valence-electron chi connectivity index (χ3n) is 9.57. The molecule has 56 heavy (non-hydrogen) atoms. The second-order valence-electron chi connectivity index (χ2n) is 13.5. The molecule has 3 aliphatic rings. The van der Waals surface area contributed by atoms with Crippen LogP contribution in [0.15, 0.2) is 45.6 Å². The molecule has 0 amide bonds. The van der Waals surface area contributed by atoms with Crippen molar-refractivity contribution >= 4 is 16.9 Å². The zero-order valence-electron chi connectivity index (χ0n) is 29.5. The van der Waals surface area contributed by atoms with Crippen LogP contribution < -0.4 is 10.2 Å². The van der Waals surface area contributed by atoms with Gasteiger partial charge < -0.3 is 93.7 Å². The van der Waals surface area contributed by atoms with Gasteiger partial charge in [-0.15, -0.1) is 0 Å². The van der Waals surface area contributed by atoms with Crippen LogP contribution in [0.2, 0.25) is 0 Å². The van der Waals surface area contributed by atoms with E-state index in [0.717, 1.165) is 19.1 Å². The summed E-state index contributed by atoms with van der Waals surface area (Å²) < 4.78 is 45.5. The van der Waals surface area contributed by atoms with Crippen molar-refractivity contribution in [2.45, 2.75) is 106 Å². The molecule has 11 N–H and O–H groups in total. The molecule has 4 heterocycles. The molecule has 2 aromatic carbocycles. The molecule has 0 bridgehead atoms. The molecule has 0 saturated carbocycles. The Morgan fingerprint density at radius 2 is 1.36 bits per heavy atom. The van der Waals surface area contributed by atoms with Crippen LogP contribution in [0, 0.1) is 0 Å². The average Bonchev–Trinajstić information content (AvgIpc) is 3.15. The molecule has 3 aliphatic heterocycles. The number of benzene rings is 2. The van der Waals surface area contributed by atoms with E-state index in [-0.39, 0.29) is 22.7 Å². The summed E-state index contributed by atoms with van der Waals surface area (Å²) in [5.74, 6) is -3.21. The van der Waals surface area contributed by atoms with E-state index in [4.69, 9.17) is 37.6 Å². The molecule has 308 valence electrons. The van der Waals surface area contributed by atoms with Gasteiger partial charge in [0.2, 0.25) is 17.5 Å². The van der Waals surface area contributed by atoms with Crippen LogP contribution in [0.25, 0.3) is 22.3 Å². The van der Waals surface area contributed by atoms with Crippen molar-refractivity contribution in [3.05, 3.63) is 46.6 Å². The second-order valence-corrected chi connectivity index (χ2v) is 13.5. The summed E-state index contributed by atoms with van der Waals surface area (Å²) in [4.78, 5) is 25.7.